The fraction of sp³-hybridized carbons (Fsp3) is 0.833. The molecule has 0 rings (SSSR count). The van der Waals surface area contributed by atoms with Crippen molar-refractivity contribution in [1.29, 1.82) is 0 Å². The van der Waals surface area contributed by atoms with Crippen molar-refractivity contribution in [2.45, 2.75) is 78.2 Å². The van der Waals surface area contributed by atoms with Gasteiger partial charge in [-0.1, -0.05) is 46.6 Å². The molecule has 24 heavy (non-hydrogen) atoms. The maximum atomic E-state index is 10.9. The molecule has 0 atom stereocenters. The Morgan fingerprint density at radius 3 is 1.62 bits per heavy atom. The van der Waals surface area contributed by atoms with E-state index < -0.39 is 14.8 Å². The molecule has 0 aliphatic rings. The third-order valence-corrected chi connectivity index (χ3v) is 6.62. The molecular weight excluding hydrogens is 324 g/mol. The molecule has 0 aromatic carbocycles. The summed E-state index contributed by atoms with van der Waals surface area (Å²) in [5.74, 6) is -0.937. The van der Waals surface area contributed by atoms with Crippen molar-refractivity contribution in [3.8, 4) is 0 Å². The van der Waals surface area contributed by atoms with E-state index in [0.29, 0.717) is 38.7 Å². The number of hydrogen-bond donors (Lipinski definition) is 1. The van der Waals surface area contributed by atoms with Crippen molar-refractivity contribution in [1.82, 2.24) is 0 Å². The molecule has 0 fully saturated rings. The average Bonchev–Trinajstić information content (AvgIpc) is 2.55. The van der Waals surface area contributed by atoms with Crippen molar-refractivity contribution in [3.05, 3.63) is 12.2 Å². The van der Waals surface area contributed by atoms with Crippen molar-refractivity contribution in [2.24, 2.45) is 0 Å². The molecule has 6 heteroatoms. The Bertz CT molecular complexity index is 320. The summed E-state index contributed by atoms with van der Waals surface area (Å²) >= 11 is 0. The molecule has 142 valence electrons. The zero-order chi connectivity index (χ0) is 18.3. The first-order valence-electron chi connectivity index (χ1n) is 9.34. The first-order chi connectivity index (χ1) is 11.5. The summed E-state index contributed by atoms with van der Waals surface area (Å²) in [4.78, 5) is 10.9. The summed E-state index contributed by atoms with van der Waals surface area (Å²) in [7, 11) is -2.74. The van der Waals surface area contributed by atoms with E-state index in [-0.39, 0.29) is 5.57 Å². The number of hydrogen-bond acceptors (Lipinski definition) is 4. The fourth-order valence-corrected chi connectivity index (χ4v) is 4.74. The van der Waals surface area contributed by atoms with Crippen LogP contribution in [0.2, 0.25) is 6.04 Å². The number of carboxylic acid groups (broad SMARTS) is 1. The third kappa shape index (κ3) is 11.0. The van der Waals surface area contributed by atoms with E-state index in [1.807, 2.05) is 0 Å². The summed E-state index contributed by atoms with van der Waals surface area (Å²) in [5, 5.41) is 8.95. The van der Waals surface area contributed by atoms with Gasteiger partial charge in [0.2, 0.25) is 0 Å². The van der Waals surface area contributed by atoms with E-state index >= 15 is 0 Å². The number of aliphatic carboxylic acids is 1. The molecule has 0 saturated heterocycles. The summed E-state index contributed by atoms with van der Waals surface area (Å²) in [6, 6.07) is 0.649. The maximum absolute atomic E-state index is 10.9. The highest BCUT2D eigenvalue weighted by atomic mass is 28.4. The molecule has 0 bridgehead atoms. The highest BCUT2D eigenvalue weighted by Crippen LogP contribution is 2.22. The Hall–Kier alpha value is -0.693. The smallest absolute Gasteiger partial charge is 0.478 e. The van der Waals surface area contributed by atoms with E-state index in [2.05, 4.69) is 27.4 Å². The Morgan fingerprint density at radius 2 is 1.29 bits per heavy atom. The molecule has 0 radical (unpaired) electrons. The van der Waals surface area contributed by atoms with Crippen LogP contribution in [0.4, 0.5) is 0 Å². The second-order valence-corrected chi connectivity index (χ2v) is 8.78. The average molecular weight is 361 g/mol. The predicted octanol–water partition coefficient (Wildman–Crippen LogP) is 4.80. The molecule has 0 aliphatic heterocycles. The second kappa shape index (κ2) is 14.6. The van der Waals surface area contributed by atoms with Gasteiger partial charge in [-0.25, -0.2) is 4.79 Å². The van der Waals surface area contributed by atoms with Crippen molar-refractivity contribution in [3.63, 3.8) is 0 Å². The molecule has 0 spiro atoms. The van der Waals surface area contributed by atoms with Gasteiger partial charge in [-0.15, -0.1) is 0 Å². The molecular formula is C18H36O5Si. The van der Waals surface area contributed by atoms with Crippen LogP contribution in [0.25, 0.3) is 0 Å². The lowest BCUT2D eigenvalue weighted by molar-refractivity contribution is -0.132. The molecule has 1 N–H and O–H groups in total. The van der Waals surface area contributed by atoms with Gasteiger partial charge in [0.15, 0.2) is 0 Å². The van der Waals surface area contributed by atoms with Gasteiger partial charge in [0.05, 0.1) is 0 Å². The van der Waals surface area contributed by atoms with Crippen LogP contribution in [-0.2, 0) is 18.1 Å². The second-order valence-electron chi connectivity index (χ2n) is 6.05. The number of carbonyl (C=O) groups is 1. The van der Waals surface area contributed by atoms with E-state index in [9.17, 15) is 4.79 Å². The van der Waals surface area contributed by atoms with Gasteiger partial charge in [-0.2, -0.15) is 0 Å². The Morgan fingerprint density at radius 1 is 0.875 bits per heavy atom. The minimum Gasteiger partial charge on any atom is -0.478 e. The van der Waals surface area contributed by atoms with Crippen LogP contribution < -0.4 is 0 Å². The number of carboxylic acids is 1. The number of unbranched alkanes of at least 4 members (excludes halogenated alkanes) is 3. The van der Waals surface area contributed by atoms with Gasteiger partial charge in [0, 0.05) is 31.4 Å². The Balaban J connectivity index is 4.76. The monoisotopic (exact) mass is 360 g/mol. The van der Waals surface area contributed by atoms with E-state index in [1.54, 1.807) is 0 Å². The van der Waals surface area contributed by atoms with Crippen LogP contribution in [-0.4, -0.2) is 39.7 Å². The third-order valence-electron chi connectivity index (χ3n) is 3.72. The lowest BCUT2D eigenvalue weighted by Crippen LogP contribution is -2.46. The summed E-state index contributed by atoms with van der Waals surface area (Å²) in [5.41, 5.74) is 0.230. The predicted molar refractivity (Wildman–Crippen MR) is 99.2 cm³/mol. The summed E-state index contributed by atoms with van der Waals surface area (Å²) < 4.78 is 18.4. The van der Waals surface area contributed by atoms with Gasteiger partial charge in [0.1, 0.15) is 0 Å². The molecule has 0 unspecified atom stereocenters. The van der Waals surface area contributed by atoms with Crippen LogP contribution in [0, 0.1) is 0 Å². The molecule has 0 aliphatic carbocycles. The molecule has 5 nitrogen and oxygen atoms in total. The van der Waals surface area contributed by atoms with Crippen LogP contribution >= 0.6 is 0 Å². The normalized spacial score (nSPS) is 11.6. The van der Waals surface area contributed by atoms with Crippen molar-refractivity contribution in [2.75, 3.05) is 19.8 Å². The molecule has 0 heterocycles. The van der Waals surface area contributed by atoms with E-state index in [1.165, 1.54) is 0 Å². The summed E-state index contributed by atoms with van der Waals surface area (Å²) in [6.07, 6.45) is 7.22. The fourth-order valence-electron chi connectivity index (χ4n) is 2.08. The lowest BCUT2D eigenvalue weighted by atomic mass is 10.2. The van der Waals surface area contributed by atoms with E-state index in [0.717, 1.165) is 38.5 Å². The van der Waals surface area contributed by atoms with Crippen LogP contribution in [0.15, 0.2) is 12.2 Å². The largest absolute Gasteiger partial charge is 0.500 e. The minimum atomic E-state index is -2.74. The SMILES string of the molecule is C=C(CCC[Si](OCCCC)(OCCCC)OCCCC)C(=O)O. The molecule has 0 amide bonds. The zero-order valence-corrected chi connectivity index (χ0v) is 16.8. The first kappa shape index (κ1) is 23.3. The van der Waals surface area contributed by atoms with E-state index in [4.69, 9.17) is 18.4 Å². The van der Waals surface area contributed by atoms with Gasteiger partial charge >= 0.3 is 14.8 Å². The maximum Gasteiger partial charge on any atom is 0.500 e. The van der Waals surface area contributed by atoms with Crippen molar-refractivity contribution >= 4 is 14.8 Å². The molecule has 0 aromatic heterocycles. The minimum absolute atomic E-state index is 0.230. The number of rotatable bonds is 17. The standard InChI is InChI=1S/C18H36O5Si/c1-5-8-13-21-24(22-14-9-6-2,23-15-10-7-3)16-11-12-17(4)18(19)20/h4-16H2,1-3H3,(H,19,20). The molecule has 0 saturated carbocycles. The first-order valence-corrected chi connectivity index (χ1v) is 11.3. The van der Waals surface area contributed by atoms with Gasteiger partial charge in [-0.05, 0) is 32.1 Å². The topological polar surface area (TPSA) is 65.0 Å². The quantitative estimate of drug-likeness (QED) is 0.229. The Labute approximate surface area is 148 Å². The zero-order valence-electron chi connectivity index (χ0n) is 15.8. The summed E-state index contributed by atoms with van der Waals surface area (Å²) in [6.45, 7) is 11.9. The van der Waals surface area contributed by atoms with Gasteiger partial charge < -0.3 is 18.4 Å². The highest BCUT2D eigenvalue weighted by Gasteiger charge is 2.40. The van der Waals surface area contributed by atoms with Gasteiger partial charge in [-0.3, -0.25) is 0 Å². The van der Waals surface area contributed by atoms with Gasteiger partial charge in [0.25, 0.3) is 0 Å². The van der Waals surface area contributed by atoms with Crippen LogP contribution in [0.5, 0.6) is 0 Å². The van der Waals surface area contributed by atoms with Crippen LogP contribution in [0.1, 0.15) is 72.1 Å². The van der Waals surface area contributed by atoms with Crippen LogP contribution in [0.3, 0.4) is 0 Å². The lowest BCUT2D eigenvalue weighted by Gasteiger charge is -2.30. The molecule has 0 aromatic rings. The Kier molecular flexibility index (Phi) is 14.2. The highest BCUT2D eigenvalue weighted by molar-refractivity contribution is 6.60. The van der Waals surface area contributed by atoms with Crippen molar-refractivity contribution < 1.29 is 23.2 Å².